The van der Waals surface area contributed by atoms with E-state index in [-0.39, 0.29) is 0 Å². The number of hydrogen-bond donors (Lipinski definition) is 1. The molecule has 1 N–H and O–H groups in total. The zero-order chi connectivity index (χ0) is 13.5. The van der Waals surface area contributed by atoms with E-state index < -0.39 is 0 Å². The molecule has 0 saturated carbocycles. The molecule has 0 aliphatic carbocycles. The molecule has 0 aromatic heterocycles. The Morgan fingerprint density at radius 3 is 2.56 bits per heavy atom. The molecule has 0 aliphatic rings. The molecule has 0 heterocycles. The number of nitrogens with one attached hydrogen (secondary N) is 1. The minimum absolute atomic E-state index is 0.437. The molecule has 1 aromatic rings. The highest BCUT2D eigenvalue weighted by Gasteiger charge is 2.13. The quantitative estimate of drug-likeness (QED) is 0.723. The van der Waals surface area contributed by atoms with Crippen LogP contribution in [0.25, 0.3) is 0 Å². The van der Waals surface area contributed by atoms with Crippen LogP contribution in [-0.4, -0.2) is 6.54 Å². The molecule has 18 heavy (non-hydrogen) atoms. The molecule has 0 saturated heterocycles. The van der Waals surface area contributed by atoms with E-state index in [0.717, 1.165) is 17.5 Å². The monoisotopic (exact) mass is 267 g/mol. The molecule has 2 heteroatoms. The van der Waals surface area contributed by atoms with Gasteiger partial charge in [-0.05, 0) is 49.1 Å². The third kappa shape index (κ3) is 4.99. The van der Waals surface area contributed by atoms with Crippen LogP contribution in [0.15, 0.2) is 18.2 Å². The van der Waals surface area contributed by atoms with E-state index in [1.807, 2.05) is 6.07 Å². The van der Waals surface area contributed by atoms with E-state index in [4.69, 9.17) is 11.6 Å². The number of hydrogen-bond acceptors (Lipinski definition) is 1. The second kappa shape index (κ2) is 7.81. The molecule has 1 atom stereocenters. The summed E-state index contributed by atoms with van der Waals surface area (Å²) in [7, 11) is 0. The van der Waals surface area contributed by atoms with Gasteiger partial charge in [0.05, 0.1) is 0 Å². The average Bonchev–Trinajstić information content (AvgIpc) is 2.31. The summed E-state index contributed by atoms with van der Waals surface area (Å²) in [4.78, 5) is 0. The lowest BCUT2D eigenvalue weighted by molar-refractivity contribution is 0.454. The highest BCUT2D eigenvalue weighted by molar-refractivity contribution is 6.30. The lowest BCUT2D eigenvalue weighted by atomic mass is 9.95. The summed E-state index contributed by atoms with van der Waals surface area (Å²) in [5, 5.41) is 4.42. The smallest absolute Gasteiger partial charge is 0.0409 e. The van der Waals surface area contributed by atoms with E-state index in [0.29, 0.717) is 6.04 Å². The van der Waals surface area contributed by atoms with Crippen LogP contribution in [0, 0.1) is 12.8 Å². The van der Waals surface area contributed by atoms with Gasteiger partial charge in [0, 0.05) is 11.1 Å². The first-order valence-corrected chi connectivity index (χ1v) is 7.41. The Labute approximate surface area is 117 Å². The molecule has 0 fully saturated rings. The lowest BCUT2D eigenvalue weighted by Crippen LogP contribution is -2.21. The molecular formula is C16H26ClN. The predicted molar refractivity (Wildman–Crippen MR) is 81.3 cm³/mol. The summed E-state index contributed by atoms with van der Waals surface area (Å²) < 4.78 is 0. The number of rotatable bonds is 7. The third-order valence-corrected chi connectivity index (χ3v) is 3.58. The number of aryl methyl sites for hydroxylation is 1. The normalized spacial score (nSPS) is 13.0. The maximum Gasteiger partial charge on any atom is 0.0409 e. The molecule has 102 valence electrons. The molecule has 1 rings (SSSR count). The van der Waals surface area contributed by atoms with Crippen LogP contribution in [-0.2, 0) is 0 Å². The maximum absolute atomic E-state index is 6.12. The van der Waals surface area contributed by atoms with Crippen molar-refractivity contribution in [2.75, 3.05) is 6.54 Å². The summed E-state index contributed by atoms with van der Waals surface area (Å²) in [6, 6.07) is 6.63. The van der Waals surface area contributed by atoms with Gasteiger partial charge in [-0.3, -0.25) is 0 Å². The number of benzene rings is 1. The molecule has 0 amide bonds. The van der Waals surface area contributed by atoms with Gasteiger partial charge < -0.3 is 5.32 Å². The first-order chi connectivity index (χ1) is 8.54. The van der Waals surface area contributed by atoms with Crippen molar-refractivity contribution in [3.05, 3.63) is 34.3 Å². The Morgan fingerprint density at radius 2 is 1.94 bits per heavy atom. The highest BCUT2D eigenvalue weighted by Crippen LogP contribution is 2.26. The van der Waals surface area contributed by atoms with Crippen molar-refractivity contribution < 1.29 is 0 Å². The van der Waals surface area contributed by atoms with Crippen LogP contribution in [0.4, 0.5) is 0 Å². The highest BCUT2D eigenvalue weighted by atomic mass is 35.5. The second-order valence-corrected chi connectivity index (χ2v) is 5.87. The Bertz CT molecular complexity index is 360. The van der Waals surface area contributed by atoms with Crippen molar-refractivity contribution >= 4 is 11.6 Å². The van der Waals surface area contributed by atoms with Gasteiger partial charge in [0.25, 0.3) is 0 Å². The zero-order valence-electron chi connectivity index (χ0n) is 12.1. The van der Waals surface area contributed by atoms with Crippen molar-refractivity contribution in [3.63, 3.8) is 0 Å². The van der Waals surface area contributed by atoms with Gasteiger partial charge in [-0.25, -0.2) is 0 Å². The van der Waals surface area contributed by atoms with Gasteiger partial charge in [0.1, 0.15) is 0 Å². The van der Waals surface area contributed by atoms with E-state index in [9.17, 15) is 0 Å². The topological polar surface area (TPSA) is 12.0 Å². The summed E-state index contributed by atoms with van der Waals surface area (Å²) >= 11 is 6.12. The van der Waals surface area contributed by atoms with Crippen molar-refractivity contribution in [3.8, 4) is 0 Å². The SMILES string of the molecule is CCNC(CCCC(C)C)c1cc(Cl)ccc1C. The van der Waals surface area contributed by atoms with E-state index in [2.05, 4.69) is 45.1 Å². The Hall–Kier alpha value is -0.530. The van der Waals surface area contributed by atoms with Crippen LogP contribution < -0.4 is 5.32 Å². The largest absolute Gasteiger partial charge is 0.310 e. The first kappa shape index (κ1) is 15.5. The van der Waals surface area contributed by atoms with Crippen LogP contribution in [0.3, 0.4) is 0 Å². The standard InChI is InChI=1S/C16H26ClN/c1-5-18-16(8-6-7-12(2)3)15-11-14(17)10-9-13(15)4/h9-12,16,18H,5-8H2,1-4H3. The van der Waals surface area contributed by atoms with Gasteiger partial charge in [0.2, 0.25) is 0 Å². The van der Waals surface area contributed by atoms with E-state index in [1.54, 1.807) is 0 Å². The Kier molecular flexibility index (Phi) is 6.73. The fourth-order valence-electron chi connectivity index (χ4n) is 2.33. The minimum atomic E-state index is 0.437. The predicted octanol–water partition coefficient (Wildman–Crippen LogP) is 5.13. The molecule has 0 radical (unpaired) electrons. The van der Waals surface area contributed by atoms with E-state index in [1.165, 1.54) is 30.4 Å². The molecule has 1 unspecified atom stereocenters. The third-order valence-electron chi connectivity index (χ3n) is 3.34. The lowest BCUT2D eigenvalue weighted by Gasteiger charge is -2.21. The molecule has 1 nitrogen and oxygen atoms in total. The fraction of sp³-hybridized carbons (Fsp3) is 0.625. The van der Waals surface area contributed by atoms with Crippen LogP contribution >= 0.6 is 11.6 Å². The van der Waals surface area contributed by atoms with E-state index >= 15 is 0 Å². The van der Waals surface area contributed by atoms with Crippen molar-refractivity contribution in [2.45, 2.75) is 53.0 Å². The fourth-order valence-corrected chi connectivity index (χ4v) is 2.51. The maximum atomic E-state index is 6.12. The average molecular weight is 268 g/mol. The minimum Gasteiger partial charge on any atom is -0.310 e. The molecular weight excluding hydrogens is 242 g/mol. The molecule has 1 aromatic carbocycles. The van der Waals surface area contributed by atoms with Gasteiger partial charge in [-0.1, -0.05) is 51.3 Å². The van der Waals surface area contributed by atoms with Gasteiger partial charge >= 0.3 is 0 Å². The summed E-state index contributed by atoms with van der Waals surface area (Å²) in [5.41, 5.74) is 2.68. The second-order valence-electron chi connectivity index (χ2n) is 5.44. The Balaban J connectivity index is 2.73. The molecule has 0 bridgehead atoms. The number of halogens is 1. The van der Waals surface area contributed by atoms with Gasteiger partial charge in [0.15, 0.2) is 0 Å². The summed E-state index contributed by atoms with van der Waals surface area (Å²) in [6.07, 6.45) is 3.75. The van der Waals surface area contributed by atoms with Crippen molar-refractivity contribution in [1.82, 2.24) is 5.32 Å². The van der Waals surface area contributed by atoms with Crippen LogP contribution in [0.5, 0.6) is 0 Å². The van der Waals surface area contributed by atoms with Crippen LogP contribution in [0.1, 0.15) is 57.2 Å². The van der Waals surface area contributed by atoms with Gasteiger partial charge in [-0.2, -0.15) is 0 Å². The molecule has 0 spiro atoms. The van der Waals surface area contributed by atoms with Gasteiger partial charge in [-0.15, -0.1) is 0 Å². The molecule has 0 aliphatic heterocycles. The summed E-state index contributed by atoms with van der Waals surface area (Å²) in [5.74, 6) is 0.785. The first-order valence-electron chi connectivity index (χ1n) is 7.04. The van der Waals surface area contributed by atoms with Crippen molar-refractivity contribution in [1.29, 1.82) is 0 Å². The van der Waals surface area contributed by atoms with Crippen molar-refractivity contribution in [2.24, 2.45) is 5.92 Å². The van der Waals surface area contributed by atoms with Crippen LogP contribution in [0.2, 0.25) is 5.02 Å². The summed E-state index contributed by atoms with van der Waals surface area (Å²) in [6.45, 7) is 9.89. The Morgan fingerprint density at radius 1 is 1.22 bits per heavy atom. The zero-order valence-corrected chi connectivity index (χ0v) is 12.8.